The average molecular weight is 279 g/mol. The molecule has 0 atom stereocenters. The zero-order valence-corrected chi connectivity index (χ0v) is 9.99. The molecule has 0 aliphatic heterocycles. The quantitative estimate of drug-likeness (QED) is 0.407. The van der Waals surface area contributed by atoms with Crippen molar-refractivity contribution in [3.8, 4) is 5.75 Å². The van der Waals surface area contributed by atoms with E-state index in [9.17, 15) is 21.9 Å². The normalized spacial score (nSPS) is 12.3. The molecule has 94 valence electrons. The lowest BCUT2D eigenvalue weighted by atomic mass is 10.3. The van der Waals surface area contributed by atoms with Crippen molar-refractivity contribution in [3.05, 3.63) is 24.1 Å². The largest absolute Gasteiger partial charge is 0.504 e. The zero-order chi connectivity index (χ0) is 13.4. The number of sulfone groups is 1. The number of benzene rings is 1. The van der Waals surface area contributed by atoms with Gasteiger partial charge in [0.25, 0.3) is 10.1 Å². The van der Waals surface area contributed by atoms with E-state index in [2.05, 4.69) is 6.58 Å². The van der Waals surface area contributed by atoms with Crippen LogP contribution in [0.25, 0.3) is 0 Å². The van der Waals surface area contributed by atoms with Crippen LogP contribution in [-0.2, 0) is 20.0 Å². The minimum absolute atomic E-state index is 0.486. The maximum Gasteiger partial charge on any atom is 0.298 e. The van der Waals surface area contributed by atoms with Gasteiger partial charge in [0.05, 0.1) is 10.6 Å². The Morgan fingerprint density at radius 1 is 1.24 bits per heavy atom. The first-order chi connectivity index (χ1) is 7.59. The zero-order valence-electron chi connectivity index (χ0n) is 8.36. The molecule has 0 unspecified atom stereocenters. The summed E-state index contributed by atoms with van der Waals surface area (Å²) in [5.74, 6) is -0.907. The van der Waals surface area contributed by atoms with Crippen molar-refractivity contribution in [2.75, 3.05) is 5.73 Å². The first kappa shape index (κ1) is 13.5. The fourth-order valence-corrected chi connectivity index (χ4v) is 2.54. The molecule has 0 aliphatic rings. The summed E-state index contributed by atoms with van der Waals surface area (Å²) in [6, 6.07) is 1.46. The minimum Gasteiger partial charge on any atom is -0.504 e. The third-order valence-electron chi connectivity index (χ3n) is 1.90. The van der Waals surface area contributed by atoms with E-state index < -0.39 is 41.2 Å². The van der Waals surface area contributed by atoms with E-state index in [1.165, 1.54) is 0 Å². The summed E-state index contributed by atoms with van der Waals surface area (Å²) in [5, 5.41) is 9.90. The van der Waals surface area contributed by atoms with E-state index in [0.29, 0.717) is 11.5 Å². The number of nitrogens with two attached hydrogens (primary N) is 1. The van der Waals surface area contributed by atoms with Gasteiger partial charge in [0, 0.05) is 5.41 Å². The molecule has 0 saturated heterocycles. The second kappa shape index (κ2) is 4.02. The smallest absolute Gasteiger partial charge is 0.298 e. The van der Waals surface area contributed by atoms with Gasteiger partial charge in [-0.3, -0.25) is 4.55 Å². The summed E-state index contributed by atoms with van der Waals surface area (Å²) in [5.41, 5.74) is 4.76. The molecule has 9 heteroatoms. The van der Waals surface area contributed by atoms with Gasteiger partial charge in [-0.25, -0.2) is 8.42 Å². The van der Waals surface area contributed by atoms with Crippen molar-refractivity contribution in [3.63, 3.8) is 0 Å². The van der Waals surface area contributed by atoms with Crippen LogP contribution in [-0.4, -0.2) is 26.5 Å². The topological polar surface area (TPSA) is 135 Å². The Morgan fingerprint density at radius 2 is 1.76 bits per heavy atom. The van der Waals surface area contributed by atoms with Crippen molar-refractivity contribution in [2.24, 2.45) is 0 Å². The van der Waals surface area contributed by atoms with Crippen molar-refractivity contribution in [1.29, 1.82) is 0 Å². The fraction of sp³-hybridized carbons (Fsp3) is 0. The number of hydrogen-bond acceptors (Lipinski definition) is 6. The molecule has 0 aromatic heterocycles. The fourth-order valence-electron chi connectivity index (χ4n) is 1.06. The van der Waals surface area contributed by atoms with Crippen LogP contribution in [0, 0.1) is 0 Å². The van der Waals surface area contributed by atoms with E-state index in [1.54, 1.807) is 0 Å². The highest BCUT2D eigenvalue weighted by molar-refractivity contribution is 7.94. The Morgan fingerprint density at radius 3 is 2.18 bits per heavy atom. The van der Waals surface area contributed by atoms with Crippen LogP contribution < -0.4 is 5.73 Å². The van der Waals surface area contributed by atoms with E-state index in [1.807, 2.05) is 0 Å². The lowest BCUT2D eigenvalue weighted by Gasteiger charge is -2.07. The van der Waals surface area contributed by atoms with Gasteiger partial charge in [-0.2, -0.15) is 8.42 Å². The Bertz CT molecular complexity index is 674. The Labute approximate surface area is 97.9 Å². The van der Waals surface area contributed by atoms with Crippen LogP contribution in [0.15, 0.2) is 33.9 Å². The maximum absolute atomic E-state index is 11.4. The van der Waals surface area contributed by atoms with Gasteiger partial charge in [-0.1, -0.05) is 6.58 Å². The van der Waals surface area contributed by atoms with Crippen LogP contribution in [0.5, 0.6) is 5.75 Å². The number of rotatable bonds is 3. The molecule has 1 aromatic rings. The first-order valence-corrected chi connectivity index (χ1v) is 7.05. The molecule has 0 amide bonds. The van der Waals surface area contributed by atoms with Crippen LogP contribution in [0.3, 0.4) is 0 Å². The molecular weight excluding hydrogens is 270 g/mol. The van der Waals surface area contributed by atoms with Crippen LogP contribution >= 0.6 is 0 Å². The van der Waals surface area contributed by atoms with Crippen LogP contribution in [0.1, 0.15) is 0 Å². The molecule has 0 saturated carbocycles. The minimum atomic E-state index is -4.78. The van der Waals surface area contributed by atoms with E-state index >= 15 is 0 Å². The summed E-state index contributed by atoms with van der Waals surface area (Å²) < 4.78 is 53.4. The predicted octanol–water partition coefficient (Wildman–Crippen LogP) is 0.138. The van der Waals surface area contributed by atoms with Gasteiger partial charge in [-0.05, 0) is 12.1 Å². The van der Waals surface area contributed by atoms with Crippen molar-refractivity contribution in [1.82, 2.24) is 0 Å². The maximum atomic E-state index is 11.4. The average Bonchev–Trinajstić information content (AvgIpc) is 2.19. The monoisotopic (exact) mass is 279 g/mol. The highest BCUT2D eigenvalue weighted by Crippen LogP contribution is 2.32. The lowest BCUT2D eigenvalue weighted by Crippen LogP contribution is -2.04. The molecule has 1 aromatic carbocycles. The molecule has 17 heavy (non-hydrogen) atoms. The molecule has 0 radical (unpaired) electrons. The molecule has 0 fully saturated rings. The van der Waals surface area contributed by atoms with Crippen LogP contribution in [0.2, 0.25) is 0 Å². The number of aromatic hydroxyl groups is 1. The van der Waals surface area contributed by atoms with E-state index in [4.69, 9.17) is 10.3 Å². The number of phenolic OH excluding ortho intramolecular Hbond substituents is 1. The number of nitrogen functional groups attached to an aromatic ring is 1. The predicted molar refractivity (Wildman–Crippen MR) is 59.7 cm³/mol. The summed E-state index contributed by atoms with van der Waals surface area (Å²) in [7, 11) is -8.70. The molecule has 0 heterocycles. The van der Waals surface area contributed by atoms with Crippen molar-refractivity contribution >= 4 is 25.6 Å². The third-order valence-corrected chi connectivity index (χ3v) is 4.10. The van der Waals surface area contributed by atoms with Gasteiger partial charge in [0.2, 0.25) is 0 Å². The summed E-state index contributed by atoms with van der Waals surface area (Å²) in [4.78, 5) is -1.46. The number of anilines is 1. The van der Waals surface area contributed by atoms with Gasteiger partial charge < -0.3 is 10.8 Å². The number of phenols is 1. The van der Waals surface area contributed by atoms with Gasteiger partial charge in [0.15, 0.2) is 15.6 Å². The summed E-state index contributed by atoms with van der Waals surface area (Å²) >= 11 is 0. The summed E-state index contributed by atoms with van der Waals surface area (Å²) in [6.45, 7) is 3.05. The van der Waals surface area contributed by atoms with E-state index in [0.717, 1.165) is 6.07 Å². The Kier molecular flexibility index (Phi) is 3.19. The molecule has 1 rings (SSSR count). The molecule has 0 aliphatic carbocycles. The lowest BCUT2D eigenvalue weighted by molar-refractivity contribution is 0.444. The standard InChI is InChI=1S/C8H9NO6S2/c1-2-16(11,12)5-3-6(9)8(10)7(4-5)17(13,14)15/h2-4,10H,1,9H2,(H,13,14,15). The molecule has 0 bridgehead atoms. The third kappa shape index (κ3) is 2.57. The first-order valence-electron chi connectivity index (χ1n) is 4.07. The SMILES string of the molecule is C=CS(=O)(=O)c1cc(N)c(O)c(S(=O)(=O)O)c1. The van der Waals surface area contributed by atoms with Gasteiger partial charge in [-0.15, -0.1) is 0 Å². The highest BCUT2D eigenvalue weighted by Gasteiger charge is 2.22. The van der Waals surface area contributed by atoms with Gasteiger partial charge in [0.1, 0.15) is 4.90 Å². The molecule has 4 N–H and O–H groups in total. The van der Waals surface area contributed by atoms with Crippen molar-refractivity contribution in [2.45, 2.75) is 9.79 Å². The molecule has 7 nitrogen and oxygen atoms in total. The molecular formula is C8H9NO6S2. The van der Waals surface area contributed by atoms with Crippen molar-refractivity contribution < 1.29 is 26.5 Å². The highest BCUT2D eigenvalue weighted by atomic mass is 32.2. The Balaban J connectivity index is 3.74. The second-order valence-corrected chi connectivity index (χ2v) is 6.33. The molecule has 0 spiro atoms. The Hall–Kier alpha value is -1.58. The second-order valence-electron chi connectivity index (χ2n) is 3.05. The van der Waals surface area contributed by atoms with Gasteiger partial charge >= 0.3 is 0 Å². The van der Waals surface area contributed by atoms with E-state index in [-0.39, 0.29) is 0 Å². The number of hydrogen-bond donors (Lipinski definition) is 3. The van der Waals surface area contributed by atoms with Crippen LogP contribution in [0.4, 0.5) is 5.69 Å². The summed E-state index contributed by atoms with van der Waals surface area (Å²) in [6.07, 6.45) is 0.